The summed E-state index contributed by atoms with van der Waals surface area (Å²) in [4.78, 5) is 12.5. The number of halogens is 1. The molecule has 0 aliphatic carbocycles. The molecule has 9 heteroatoms. The molecule has 0 heterocycles. The Morgan fingerprint density at radius 2 is 1.34 bits per heavy atom. The third-order valence-corrected chi connectivity index (χ3v) is 8.25. The van der Waals surface area contributed by atoms with E-state index in [2.05, 4.69) is 0 Å². The Morgan fingerprint density at radius 1 is 0.781 bits per heavy atom. The van der Waals surface area contributed by atoms with Crippen molar-refractivity contribution < 1.29 is 21.6 Å². The number of sulfonamides is 1. The van der Waals surface area contributed by atoms with Gasteiger partial charge in [-0.3, -0.25) is 4.79 Å². The van der Waals surface area contributed by atoms with Crippen LogP contribution in [0.4, 0.5) is 0 Å². The third kappa shape index (κ3) is 5.03. The minimum Gasteiger partial charge on any atom is -0.268 e. The molecule has 0 aliphatic rings. The van der Waals surface area contributed by atoms with Crippen molar-refractivity contribution >= 4 is 37.4 Å². The molecule has 0 fully saturated rings. The highest BCUT2D eigenvalue weighted by molar-refractivity contribution is 7.91. The van der Waals surface area contributed by atoms with E-state index in [4.69, 9.17) is 11.6 Å². The predicted molar refractivity (Wildman–Crippen MR) is 123 cm³/mol. The zero-order valence-corrected chi connectivity index (χ0v) is 20.1. The number of amides is 1. The fourth-order valence-corrected chi connectivity index (χ4v) is 5.43. The van der Waals surface area contributed by atoms with Crippen LogP contribution in [-0.2, 0) is 25.3 Å². The van der Waals surface area contributed by atoms with Crippen LogP contribution in [0.5, 0.6) is 0 Å². The molecule has 1 amide bonds. The van der Waals surface area contributed by atoms with Crippen molar-refractivity contribution in [2.24, 2.45) is 0 Å². The minimum atomic E-state index is -4.19. The van der Waals surface area contributed by atoms with E-state index in [1.807, 2.05) is 25.5 Å². The highest BCUT2D eigenvalue weighted by atomic mass is 35.5. The van der Waals surface area contributed by atoms with Crippen molar-refractivity contribution in [2.45, 2.75) is 40.9 Å². The van der Waals surface area contributed by atoms with Gasteiger partial charge in [-0.25, -0.2) is 21.6 Å². The van der Waals surface area contributed by atoms with E-state index >= 15 is 0 Å². The third-order valence-electron chi connectivity index (χ3n) is 4.80. The van der Waals surface area contributed by atoms with Gasteiger partial charge in [-0.1, -0.05) is 62.7 Å². The summed E-state index contributed by atoms with van der Waals surface area (Å²) < 4.78 is 53.0. The maximum Gasteiger partial charge on any atom is 0.266 e. The van der Waals surface area contributed by atoms with Gasteiger partial charge in [0.25, 0.3) is 15.9 Å². The van der Waals surface area contributed by atoms with E-state index in [0.29, 0.717) is 0 Å². The molecule has 0 unspecified atom stereocenters. The maximum absolute atomic E-state index is 12.8. The van der Waals surface area contributed by atoms with Crippen LogP contribution in [0.1, 0.15) is 36.7 Å². The van der Waals surface area contributed by atoms with Crippen LogP contribution >= 0.6 is 11.6 Å². The van der Waals surface area contributed by atoms with Gasteiger partial charge >= 0.3 is 0 Å². The lowest BCUT2D eigenvalue weighted by Crippen LogP contribution is -2.31. The van der Waals surface area contributed by atoms with Crippen molar-refractivity contribution in [2.75, 3.05) is 0 Å². The molecule has 32 heavy (non-hydrogen) atoms. The number of rotatable bonds is 5. The summed E-state index contributed by atoms with van der Waals surface area (Å²) in [7, 11) is -8.11. The Bertz CT molecular complexity index is 1360. The highest BCUT2D eigenvalue weighted by Crippen LogP contribution is 2.26. The summed E-state index contributed by atoms with van der Waals surface area (Å²) in [5, 5.41) is -0.0761. The average Bonchev–Trinajstić information content (AvgIpc) is 2.73. The van der Waals surface area contributed by atoms with Crippen LogP contribution < -0.4 is 4.72 Å². The smallest absolute Gasteiger partial charge is 0.266 e. The lowest BCUT2D eigenvalue weighted by atomic mass is 9.87. The van der Waals surface area contributed by atoms with Gasteiger partial charge in [-0.05, 0) is 53.4 Å². The van der Waals surface area contributed by atoms with Crippen LogP contribution in [0.3, 0.4) is 0 Å². The summed E-state index contributed by atoms with van der Waals surface area (Å²) in [5.41, 5.74) is 0.507. The molecule has 0 saturated heterocycles. The fourth-order valence-electron chi connectivity index (χ4n) is 2.95. The quantitative estimate of drug-likeness (QED) is 0.563. The van der Waals surface area contributed by atoms with Gasteiger partial charge in [-0.15, -0.1) is 0 Å². The lowest BCUT2D eigenvalue weighted by Gasteiger charge is -2.19. The maximum atomic E-state index is 12.8. The molecule has 3 rings (SSSR count). The molecular formula is C23H22ClNO5S2. The Kier molecular flexibility index (Phi) is 6.51. The van der Waals surface area contributed by atoms with E-state index < -0.39 is 25.8 Å². The zero-order valence-electron chi connectivity index (χ0n) is 17.7. The molecule has 3 aromatic rings. The van der Waals surface area contributed by atoms with Crippen LogP contribution in [0.2, 0.25) is 5.02 Å². The van der Waals surface area contributed by atoms with Crippen molar-refractivity contribution in [1.82, 2.24) is 4.72 Å². The first-order chi connectivity index (χ1) is 14.8. The van der Waals surface area contributed by atoms with E-state index in [9.17, 15) is 21.6 Å². The van der Waals surface area contributed by atoms with Gasteiger partial charge in [0.15, 0.2) is 0 Å². The summed E-state index contributed by atoms with van der Waals surface area (Å²) in [6, 6.07) is 17.4. The van der Waals surface area contributed by atoms with Gasteiger partial charge in [0.05, 0.1) is 25.3 Å². The second-order valence-electron chi connectivity index (χ2n) is 8.17. The van der Waals surface area contributed by atoms with Gasteiger partial charge in [-0.2, -0.15) is 0 Å². The Labute approximate surface area is 193 Å². The second-order valence-corrected chi connectivity index (χ2v) is 12.2. The summed E-state index contributed by atoms with van der Waals surface area (Å²) in [6.45, 7) is 5.99. The second kappa shape index (κ2) is 8.69. The van der Waals surface area contributed by atoms with Gasteiger partial charge in [0.1, 0.15) is 0 Å². The SMILES string of the molecule is CC(C)(C)c1ccc(S(=O)(=O)NC(=O)c2cc(S(=O)(=O)c3ccccc3)ccc2Cl)cc1. The molecular weight excluding hydrogens is 470 g/mol. The first-order valence-corrected chi connectivity index (χ1v) is 12.9. The Balaban J connectivity index is 1.92. The van der Waals surface area contributed by atoms with E-state index in [1.54, 1.807) is 30.3 Å². The van der Waals surface area contributed by atoms with Crippen molar-refractivity contribution in [3.05, 3.63) is 88.9 Å². The van der Waals surface area contributed by atoms with Crippen LogP contribution in [-0.4, -0.2) is 22.7 Å². The standard InChI is InChI=1S/C23H22ClNO5S2/c1-23(2,3)16-9-11-18(12-10-16)32(29,30)25-22(26)20-15-19(13-14-21(20)24)31(27,28)17-7-5-4-6-8-17/h4-15H,1-3H3,(H,25,26). The zero-order chi connectivity index (χ0) is 23.7. The van der Waals surface area contributed by atoms with Crippen LogP contribution in [0.15, 0.2) is 87.5 Å². The lowest BCUT2D eigenvalue weighted by molar-refractivity contribution is 0.0981. The molecule has 0 spiro atoms. The van der Waals surface area contributed by atoms with Crippen molar-refractivity contribution in [1.29, 1.82) is 0 Å². The average molecular weight is 492 g/mol. The molecule has 0 aliphatic heterocycles. The van der Waals surface area contributed by atoms with Crippen molar-refractivity contribution in [3.63, 3.8) is 0 Å². The number of hydrogen-bond acceptors (Lipinski definition) is 5. The van der Waals surface area contributed by atoms with E-state index in [0.717, 1.165) is 11.6 Å². The largest absolute Gasteiger partial charge is 0.268 e. The molecule has 0 atom stereocenters. The number of carbonyl (C=O) groups excluding carboxylic acids is 1. The number of hydrogen-bond donors (Lipinski definition) is 1. The van der Waals surface area contributed by atoms with Gasteiger partial charge < -0.3 is 0 Å². The molecule has 6 nitrogen and oxygen atoms in total. The molecule has 1 N–H and O–H groups in total. The fraction of sp³-hybridized carbons (Fsp3) is 0.174. The summed E-state index contributed by atoms with van der Waals surface area (Å²) in [6.07, 6.45) is 0. The molecule has 3 aromatic carbocycles. The molecule has 0 radical (unpaired) electrons. The Hall–Kier alpha value is -2.68. The predicted octanol–water partition coefficient (Wildman–Crippen LogP) is 4.59. The first kappa shape index (κ1) is 24.0. The van der Waals surface area contributed by atoms with E-state index in [-0.39, 0.29) is 30.7 Å². The number of sulfone groups is 1. The minimum absolute atomic E-state index is 0.0419. The van der Waals surface area contributed by atoms with Gasteiger partial charge in [0, 0.05) is 0 Å². The molecule has 0 saturated carbocycles. The van der Waals surface area contributed by atoms with Crippen molar-refractivity contribution in [3.8, 4) is 0 Å². The molecule has 168 valence electrons. The topological polar surface area (TPSA) is 97.4 Å². The molecule has 0 aromatic heterocycles. The van der Waals surface area contributed by atoms with E-state index in [1.165, 1.54) is 36.4 Å². The Morgan fingerprint density at radius 3 is 1.91 bits per heavy atom. The highest BCUT2D eigenvalue weighted by Gasteiger charge is 2.24. The number of benzene rings is 3. The van der Waals surface area contributed by atoms with Crippen LogP contribution in [0.25, 0.3) is 0 Å². The number of nitrogens with one attached hydrogen (secondary N) is 1. The normalized spacial score (nSPS) is 12.4. The van der Waals surface area contributed by atoms with Crippen LogP contribution in [0, 0.1) is 0 Å². The number of carbonyl (C=O) groups is 1. The monoisotopic (exact) mass is 491 g/mol. The summed E-state index contributed by atoms with van der Waals surface area (Å²) >= 11 is 6.08. The molecule has 0 bridgehead atoms. The first-order valence-electron chi connectivity index (χ1n) is 9.60. The van der Waals surface area contributed by atoms with Gasteiger partial charge in [0.2, 0.25) is 9.84 Å². The summed E-state index contributed by atoms with van der Waals surface area (Å²) in [5.74, 6) is -1.03.